The number of phenols is 3. The number of aromatic hydroxyl groups is 3. The van der Waals surface area contributed by atoms with Crippen molar-refractivity contribution in [3.63, 3.8) is 0 Å². The fourth-order valence-electron chi connectivity index (χ4n) is 3.56. The van der Waals surface area contributed by atoms with Crippen molar-refractivity contribution in [2.24, 2.45) is 0 Å². The first-order valence-electron chi connectivity index (χ1n) is 10.1. The van der Waals surface area contributed by atoms with Crippen LogP contribution in [0, 0.1) is 0 Å². The smallest absolute Gasteiger partial charge is 0.177 e. The Labute approximate surface area is 177 Å². The molecule has 1 atom stereocenters. The molecule has 0 radical (unpaired) electrons. The Morgan fingerprint density at radius 2 is 1.83 bits per heavy atom. The summed E-state index contributed by atoms with van der Waals surface area (Å²) in [5, 5.41) is 30.3. The zero-order chi connectivity index (χ0) is 21.8. The Balaban J connectivity index is 1.82. The number of ketones is 1. The molecule has 0 saturated carbocycles. The SMILES string of the molecule is CC(C)=CCCC(C)=CCc1cc([C@@H]2COc3cc(O)ccc3C2=O)c(O)cc1O. The first kappa shape index (κ1) is 21.5. The Morgan fingerprint density at radius 1 is 1.07 bits per heavy atom. The monoisotopic (exact) mass is 408 g/mol. The van der Waals surface area contributed by atoms with Crippen LogP contribution in [-0.2, 0) is 6.42 Å². The average Bonchev–Trinajstić information content (AvgIpc) is 2.68. The minimum Gasteiger partial charge on any atom is -0.508 e. The van der Waals surface area contributed by atoms with Gasteiger partial charge in [-0.15, -0.1) is 0 Å². The Kier molecular flexibility index (Phi) is 6.50. The molecule has 2 aromatic rings. The second kappa shape index (κ2) is 9.08. The molecular weight excluding hydrogens is 380 g/mol. The number of allylic oxidation sites excluding steroid dienone is 4. The maximum absolute atomic E-state index is 13.0. The number of carbonyl (C=O) groups is 1. The molecule has 0 saturated heterocycles. The van der Waals surface area contributed by atoms with E-state index in [4.69, 9.17) is 4.74 Å². The van der Waals surface area contributed by atoms with Gasteiger partial charge in [0.05, 0.1) is 11.5 Å². The third-order valence-corrected chi connectivity index (χ3v) is 5.32. The molecule has 0 fully saturated rings. The number of carbonyl (C=O) groups excluding carboxylic acids is 1. The van der Waals surface area contributed by atoms with Gasteiger partial charge < -0.3 is 20.1 Å². The molecule has 1 heterocycles. The molecule has 5 heteroatoms. The standard InChI is InChI=1S/C25H28O5/c1-15(2)5-4-6-16(3)7-8-17-11-20(23(28)13-22(17)27)21-14-30-24-12-18(26)9-10-19(24)25(21)29/h5,7,9-13,21,26-28H,4,6,8,14H2,1-3H3/t21-/m0/s1. The molecule has 3 rings (SSSR count). The highest BCUT2D eigenvalue weighted by Crippen LogP contribution is 2.39. The number of fused-ring (bicyclic) bond motifs is 1. The topological polar surface area (TPSA) is 87.0 Å². The maximum atomic E-state index is 13.0. The van der Waals surface area contributed by atoms with Crippen LogP contribution in [0.3, 0.4) is 0 Å². The summed E-state index contributed by atoms with van der Waals surface area (Å²) in [6.45, 7) is 6.27. The lowest BCUT2D eigenvalue weighted by Gasteiger charge is -2.25. The molecule has 1 aliphatic rings. The summed E-state index contributed by atoms with van der Waals surface area (Å²) in [6.07, 6.45) is 6.67. The van der Waals surface area contributed by atoms with E-state index in [1.54, 1.807) is 6.07 Å². The number of hydrogen-bond acceptors (Lipinski definition) is 5. The molecule has 0 spiro atoms. The predicted octanol–water partition coefficient (Wildman–Crippen LogP) is 5.40. The second-order valence-corrected chi connectivity index (χ2v) is 8.02. The molecule has 0 unspecified atom stereocenters. The van der Waals surface area contributed by atoms with Crippen LogP contribution in [0.15, 0.2) is 53.6 Å². The molecule has 0 aromatic heterocycles. The zero-order valence-electron chi connectivity index (χ0n) is 17.6. The molecule has 3 N–H and O–H groups in total. The summed E-state index contributed by atoms with van der Waals surface area (Å²) in [4.78, 5) is 13.0. The summed E-state index contributed by atoms with van der Waals surface area (Å²) in [5.41, 5.74) is 3.95. The normalized spacial score (nSPS) is 16.0. The number of ether oxygens (including phenoxy) is 1. The number of rotatable bonds is 6. The Hall–Kier alpha value is -3.21. The summed E-state index contributed by atoms with van der Waals surface area (Å²) in [5.74, 6) is -0.629. The molecule has 0 aliphatic carbocycles. The van der Waals surface area contributed by atoms with Gasteiger partial charge in [-0.3, -0.25) is 4.79 Å². The first-order valence-corrected chi connectivity index (χ1v) is 10.1. The van der Waals surface area contributed by atoms with Crippen molar-refractivity contribution in [3.8, 4) is 23.0 Å². The maximum Gasteiger partial charge on any atom is 0.177 e. The predicted molar refractivity (Wildman–Crippen MR) is 117 cm³/mol. The number of Topliss-reactive ketones (excluding diaryl/α,β-unsaturated/α-hetero) is 1. The van der Waals surface area contributed by atoms with E-state index in [0.717, 1.165) is 12.8 Å². The lowest BCUT2D eigenvalue weighted by molar-refractivity contribution is 0.0894. The van der Waals surface area contributed by atoms with E-state index in [2.05, 4.69) is 32.9 Å². The molecule has 158 valence electrons. The van der Waals surface area contributed by atoms with Gasteiger partial charge >= 0.3 is 0 Å². The lowest BCUT2D eigenvalue weighted by Crippen LogP contribution is -2.26. The highest BCUT2D eigenvalue weighted by molar-refractivity contribution is 6.04. The van der Waals surface area contributed by atoms with Gasteiger partial charge in [-0.25, -0.2) is 0 Å². The van der Waals surface area contributed by atoms with E-state index in [-0.39, 0.29) is 29.6 Å². The van der Waals surface area contributed by atoms with Crippen LogP contribution in [0.1, 0.15) is 61.0 Å². The minimum absolute atomic E-state index is 0.000835. The van der Waals surface area contributed by atoms with Crippen LogP contribution in [0.2, 0.25) is 0 Å². The number of benzene rings is 2. The average molecular weight is 408 g/mol. The van der Waals surface area contributed by atoms with E-state index >= 15 is 0 Å². The highest BCUT2D eigenvalue weighted by Gasteiger charge is 2.32. The third-order valence-electron chi connectivity index (χ3n) is 5.32. The molecular formula is C25H28O5. The van der Waals surface area contributed by atoms with Crippen LogP contribution in [0.5, 0.6) is 23.0 Å². The molecule has 0 bridgehead atoms. The number of phenolic OH excluding ortho intramolecular Hbond substituents is 3. The fraction of sp³-hybridized carbons (Fsp3) is 0.320. The van der Waals surface area contributed by atoms with Crippen molar-refractivity contribution in [2.75, 3.05) is 6.61 Å². The summed E-state index contributed by atoms with van der Waals surface area (Å²) < 4.78 is 5.66. The van der Waals surface area contributed by atoms with Crippen molar-refractivity contribution in [2.45, 2.75) is 46.0 Å². The second-order valence-electron chi connectivity index (χ2n) is 8.02. The summed E-state index contributed by atoms with van der Waals surface area (Å²) in [7, 11) is 0. The minimum atomic E-state index is -0.677. The molecule has 30 heavy (non-hydrogen) atoms. The first-order chi connectivity index (χ1) is 14.3. The molecule has 1 aliphatic heterocycles. The van der Waals surface area contributed by atoms with Gasteiger partial charge in [-0.1, -0.05) is 23.3 Å². The van der Waals surface area contributed by atoms with Gasteiger partial charge in [-0.05, 0) is 63.8 Å². The van der Waals surface area contributed by atoms with Crippen LogP contribution in [0.4, 0.5) is 0 Å². The van der Waals surface area contributed by atoms with Gasteiger partial charge in [0.25, 0.3) is 0 Å². The van der Waals surface area contributed by atoms with Gasteiger partial charge in [0.15, 0.2) is 5.78 Å². The van der Waals surface area contributed by atoms with E-state index in [1.807, 2.05) is 0 Å². The van der Waals surface area contributed by atoms with Crippen LogP contribution >= 0.6 is 0 Å². The van der Waals surface area contributed by atoms with Gasteiger partial charge in [0, 0.05) is 17.7 Å². The Bertz CT molecular complexity index is 1010. The third kappa shape index (κ3) is 4.85. The largest absolute Gasteiger partial charge is 0.508 e. The van der Waals surface area contributed by atoms with Crippen molar-refractivity contribution in [3.05, 3.63) is 70.3 Å². The summed E-state index contributed by atoms with van der Waals surface area (Å²) >= 11 is 0. The van der Waals surface area contributed by atoms with Gasteiger partial charge in [0.2, 0.25) is 0 Å². The lowest BCUT2D eigenvalue weighted by atomic mass is 9.87. The van der Waals surface area contributed by atoms with E-state index in [0.29, 0.717) is 28.9 Å². The van der Waals surface area contributed by atoms with Crippen molar-refractivity contribution >= 4 is 5.78 Å². The summed E-state index contributed by atoms with van der Waals surface area (Å²) in [6, 6.07) is 7.34. The molecule has 5 nitrogen and oxygen atoms in total. The zero-order valence-corrected chi connectivity index (χ0v) is 17.6. The van der Waals surface area contributed by atoms with Crippen molar-refractivity contribution in [1.82, 2.24) is 0 Å². The van der Waals surface area contributed by atoms with Crippen LogP contribution in [-0.4, -0.2) is 27.7 Å². The van der Waals surface area contributed by atoms with Gasteiger partial charge in [0.1, 0.15) is 29.6 Å². The quantitative estimate of drug-likeness (QED) is 0.557. The van der Waals surface area contributed by atoms with Crippen molar-refractivity contribution < 1.29 is 24.9 Å². The molecule has 0 amide bonds. The van der Waals surface area contributed by atoms with Gasteiger partial charge in [-0.2, -0.15) is 0 Å². The molecule has 2 aromatic carbocycles. The van der Waals surface area contributed by atoms with E-state index in [9.17, 15) is 20.1 Å². The fourth-order valence-corrected chi connectivity index (χ4v) is 3.56. The number of hydrogen-bond donors (Lipinski definition) is 3. The van der Waals surface area contributed by atoms with Crippen LogP contribution in [0.25, 0.3) is 0 Å². The van der Waals surface area contributed by atoms with Crippen molar-refractivity contribution in [1.29, 1.82) is 0 Å². The van der Waals surface area contributed by atoms with E-state index < -0.39 is 5.92 Å². The van der Waals surface area contributed by atoms with E-state index in [1.165, 1.54) is 35.4 Å². The van der Waals surface area contributed by atoms with Crippen LogP contribution < -0.4 is 4.74 Å². The Morgan fingerprint density at radius 3 is 2.57 bits per heavy atom. The highest BCUT2D eigenvalue weighted by atomic mass is 16.5.